The van der Waals surface area contributed by atoms with E-state index in [0.717, 1.165) is 11.1 Å². The Balaban J connectivity index is 2.54. The molecule has 0 saturated heterocycles. The van der Waals surface area contributed by atoms with Gasteiger partial charge >= 0.3 is 0 Å². The lowest BCUT2D eigenvalue weighted by molar-refractivity contribution is -0.114. The lowest BCUT2D eigenvalue weighted by Gasteiger charge is -2.10. The van der Waals surface area contributed by atoms with Gasteiger partial charge in [0.25, 0.3) is 0 Å². The summed E-state index contributed by atoms with van der Waals surface area (Å²) in [6.07, 6.45) is 1.61. The van der Waals surface area contributed by atoms with Crippen LogP contribution in [0.1, 0.15) is 0 Å². The number of anilines is 1. The smallest absolute Gasteiger partial charge is 0.215 e. The average molecular weight is 226 g/mol. The van der Waals surface area contributed by atoms with Crippen molar-refractivity contribution in [2.45, 2.75) is 6.32 Å². The summed E-state index contributed by atoms with van der Waals surface area (Å²) in [7, 11) is 6.86. The molecule has 0 unspecified atom stereocenters. The van der Waals surface area contributed by atoms with Crippen LogP contribution >= 0.6 is 0 Å². The molecule has 17 heavy (non-hydrogen) atoms. The summed E-state index contributed by atoms with van der Waals surface area (Å²) in [5, 5.41) is 3.56. The van der Waals surface area contributed by atoms with Crippen molar-refractivity contribution in [3.63, 3.8) is 0 Å². The second-order valence-electron chi connectivity index (χ2n) is 3.47. The fourth-order valence-corrected chi connectivity index (χ4v) is 1.63. The molecule has 1 aromatic heterocycles. The molecule has 0 atom stereocenters. The van der Waals surface area contributed by atoms with Gasteiger partial charge in [0.05, 0.1) is 26.2 Å². The third-order valence-electron chi connectivity index (χ3n) is 2.41. The van der Waals surface area contributed by atoms with Gasteiger partial charge in [0.1, 0.15) is 5.75 Å². The van der Waals surface area contributed by atoms with E-state index >= 15 is 0 Å². The predicted molar refractivity (Wildman–Crippen MR) is 67.5 cm³/mol. The fraction of sp³-hybridized carbons (Fsp3) is 0.167. The second-order valence-corrected chi connectivity index (χ2v) is 3.47. The third-order valence-corrected chi connectivity index (χ3v) is 2.41. The molecule has 4 nitrogen and oxygen atoms in total. The predicted octanol–water partition coefficient (Wildman–Crippen LogP) is 1.77. The number of nitrogens with one attached hydrogen (secondary N) is 1. The number of carbonyl (C=O) groups is 1. The van der Waals surface area contributed by atoms with Crippen molar-refractivity contribution in [3.05, 3.63) is 30.5 Å². The first-order valence-corrected chi connectivity index (χ1v) is 5.18. The number of hydrogen-bond acceptors (Lipinski definition) is 3. The number of nitrogens with zero attached hydrogens (tertiary/aromatic N) is 1. The highest BCUT2D eigenvalue weighted by Crippen LogP contribution is 2.29. The number of carbonyl (C=O) groups excluding carboxylic acids is 1. The minimum absolute atomic E-state index is 0.0552. The molecule has 0 aliphatic carbocycles. The number of fused-ring (bicyclic) bond motifs is 1. The number of hydrogen-bond donors (Lipinski definition) is 1. The number of rotatable bonds is 3. The Hall–Kier alpha value is -2.04. The van der Waals surface area contributed by atoms with E-state index in [0.29, 0.717) is 11.2 Å². The summed E-state index contributed by atoms with van der Waals surface area (Å²) >= 11 is 0. The molecule has 0 saturated carbocycles. The second kappa shape index (κ2) is 4.87. The minimum atomic E-state index is -0.248. The number of ether oxygens (including phenoxy) is 1. The summed E-state index contributed by atoms with van der Waals surface area (Å²) in [6, 6.07) is 7.25. The highest BCUT2D eigenvalue weighted by molar-refractivity contribution is 6.22. The molecule has 0 fully saturated rings. The number of aromatic nitrogens is 1. The zero-order valence-electron chi connectivity index (χ0n) is 9.43. The zero-order chi connectivity index (χ0) is 12.3. The van der Waals surface area contributed by atoms with Crippen LogP contribution in [0.15, 0.2) is 30.5 Å². The van der Waals surface area contributed by atoms with Gasteiger partial charge in [-0.25, -0.2) is 0 Å². The Morgan fingerprint density at radius 1 is 1.47 bits per heavy atom. The largest absolute Gasteiger partial charge is 0.496 e. The van der Waals surface area contributed by atoms with Crippen LogP contribution in [0.2, 0.25) is 6.32 Å². The van der Waals surface area contributed by atoms with Gasteiger partial charge in [-0.3, -0.25) is 9.78 Å². The summed E-state index contributed by atoms with van der Waals surface area (Å²) in [5.74, 6) is 0.473. The molecule has 1 N–H and O–H groups in total. The van der Waals surface area contributed by atoms with Crippen LogP contribution in [-0.4, -0.2) is 25.8 Å². The van der Waals surface area contributed by atoms with Crippen LogP contribution in [0, 0.1) is 0 Å². The van der Waals surface area contributed by atoms with Gasteiger partial charge in [0, 0.05) is 11.6 Å². The van der Waals surface area contributed by atoms with Crippen LogP contribution in [-0.2, 0) is 4.79 Å². The lowest BCUT2D eigenvalue weighted by atomic mass is 10.0. The normalized spacial score (nSPS) is 10.2. The number of pyridine rings is 1. The highest BCUT2D eigenvalue weighted by atomic mass is 16.5. The first kappa shape index (κ1) is 11.5. The van der Waals surface area contributed by atoms with E-state index in [4.69, 9.17) is 12.6 Å². The Morgan fingerprint density at radius 3 is 3.00 bits per heavy atom. The van der Waals surface area contributed by atoms with E-state index in [1.807, 2.05) is 12.1 Å². The van der Waals surface area contributed by atoms with E-state index < -0.39 is 0 Å². The van der Waals surface area contributed by atoms with Gasteiger partial charge in [-0.2, -0.15) is 0 Å². The molecule has 84 valence electrons. The van der Waals surface area contributed by atoms with Crippen molar-refractivity contribution < 1.29 is 9.53 Å². The Bertz CT molecular complexity index is 557. The van der Waals surface area contributed by atoms with Crippen LogP contribution in [0.3, 0.4) is 0 Å². The summed E-state index contributed by atoms with van der Waals surface area (Å²) in [5.41, 5.74) is 1.32. The summed E-state index contributed by atoms with van der Waals surface area (Å²) in [6.45, 7) is 0. The first-order chi connectivity index (χ1) is 8.26. The van der Waals surface area contributed by atoms with Crippen molar-refractivity contribution >= 4 is 30.3 Å². The molecule has 5 heteroatoms. The standard InChI is InChI=1S/C12H11BN2O2/c1-17-10-5-4-9(15-11(16)7-13)12-8(10)3-2-6-14-12/h2-6H,7H2,1H3,(H,15,16). The van der Waals surface area contributed by atoms with E-state index in [9.17, 15) is 4.79 Å². The molecule has 0 spiro atoms. The maximum Gasteiger partial charge on any atom is 0.215 e. The topological polar surface area (TPSA) is 51.2 Å². The van der Waals surface area contributed by atoms with E-state index in [-0.39, 0.29) is 12.2 Å². The van der Waals surface area contributed by atoms with Gasteiger partial charge in [0.2, 0.25) is 5.91 Å². The first-order valence-electron chi connectivity index (χ1n) is 5.18. The Labute approximate surface area is 100 Å². The Morgan fingerprint density at radius 2 is 2.29 bits per heavy atom. The quantitative estimate of drug-likeness (QED) is 0.811. The third kappa shape index (κ3) is 2.23. The minimum Gasteiger partial charge on any atom is -0.496 e. The number of amides is 1. The molecular formula is C12H11BN2O2. The fourth-order valence-electron chi connectivity index (χ4n) is 1.63. The Kier molecular flexibility index (Phi) is 3.28. The van der Waals surface area contributed by atoms with Crippen molar-refractivity contribution in [2.75, 3.05) is 12.4 Å². The van der Waals surface area contributed by atoms with Crippen LogP contribution in [0.5, 0.6) is 5.75 Å². The number of benzene rings is 1. The molecule has 0 aliphatic heterocycles. The van der Waals surface area contributed by atoms with Crippen LogP contribution in [0.25, 0.3) is 10.9 Å². The van der Waals surface area contributed by atoms with Crippen molar-refractivity contribution in [3.8, 4) is 5.75 Å². The molecule has 1 aromatic carbocycles. The van der Waals surface area contributed by atoms with Crippen molar-refractivity contribution in [1.29, 1.82) is 0 Å². The lowest BCUT2D eigenvalue weighted by Crippen LogP contribution is -2.10. The SMILES string of the molecule is [B]CC(=O)Nc1ccc(OC)c2cccnc12. The molecule has 2 aromatic rings. The van der Waals surface area contributed by atoms with E-state index in [1.54, 1.807) is 25.4 Å². The maximum absolute atomic E-state index is 11.3. The molecule has 0 aliphatic rings. The van der Waals surface area contributed by atoms with Gasteiger partial charge < -0.3 is 10.1 Å². The van der Waals surface area contributed by atoms with Gasteiger partial charge in [-0.05, 0) is 30.6 Å². The van der Waals surface area contributed by atoms with Gasteiger partial charge in [-0.15, -0.1) is 0 Å². The summed E-state index contributed by atoms with van der Waals surface area (Å²) in [4.78, 5) is 15.5. The molecule has 2 rings (SSSR count). The van der Waals surface area contributed by atoms with Gasteiger partial charge in [-0.1, -0.05) is 0 Å². The monoisotopic (exact) mass is 226 g/mol. The average Bonchev–Trinajstić information content (AvgIpc) is 2.39. The van der Waals surface area contributed by atoms with Crippen molar-refractivity contribution in [1.82, 2.24) is 4.98 Å². The van der Waals surface area contributed by atoms with Crippen LogP contribution in [0.4, 0.5) is 5.69 Å². The molecule has 1 heterocycles. The molecule has 2 radical (unpaired) electrons. The molecular weight excluding hydrogens is 215 g/mol. The van der Waals surface area contributed by atoms with Crippen LogP contribution < -0.4 is 10.1 Å². The highest BCUT2D eigenvalue weighted by Gasteiger charge is 2.08. The molecule has 0 bridgehead atoms. The van der Waals surface area contributed by atoms with E-state index in [1.165, 1.54) is 0 Å². The number of methoxy groups -OCH3 is 1. The van der Waals surface area contributed by atoms with Crippen molar-refractivity contribution in [2.24, 2.45) is 0 Å². The summed E-state index contributed by atoms with van der Waals surface area (Å²) < 4.78 is 5.24. The zero-order valence-corrected chi connectivity index (χ0v) is 9.43. The molecule has 1 amide bonds. The van der Waals surface area contributed by atoms with Gasteiger partial charge in [0.15, 0.2) is 0 Å². The van der Waals surface area contributed by atoms with E-state index in [2.05, 4.69) is 10.3 Å². The maximum atomic E-state index is 11.3.